The lowest BCUT2D eigenvalue weighted by Crippen LogP contribution is -2.48. The van der Waals surface area contributed by atoms with Crippen LogP contribution in [0.25, 0.3) is 0 Å². The Bertz CT molecular complexity index is 379. The van der Waals surface area contributed by atoms with Crippen molar-refractivity contribution in [3.05, 3.63) is 0 Å². The largest absolute Gasteiger partial charge is 0.481 e. The number of terminal acetylenes is 1. The summed E-state index contributed by atoms with van der Waals surface area (Å²) >= 11 is 0. The number of urea groups is 1. The predicted molar refractivity (Wildman–Crippen MR) is 77.2 cm³/mol. The Hall–Kier alpha value is -1.70. The van der Waals surface area contributed by atoms with E-state index in [0.717, 1.165) is 25.7 Å². The summed E-state index contributed by atoms with van der Waals surface area (Å²) in [5.74, 6) is 1.66. The minimum absolute atomic E-state index is 0.162. The maximum Gasteiger partial charge on any atom is 0.315 e. The second kappa shape index (κ2) is 7.78. The van der Waals surface area contributed by atoms with Crippen molar-refractivity contribution in [1.29, 1.82) is 0 Å². The Kier molecular flexibility index (Phi) is 6.37. The smallest absolute Gasteiger partial charge is 0.315 e. The molecule has 0 bridgehead atoms. The van der Waals surface area contributed by atoms with Crippen molar-refractivity contribution >= 4 is 12.0 Å². The topological polar surface area (TPSA) is 78.4 Å². The first-order valence-electron chi connectivity index (χ1n) is 7.28. The molecule has 0 saturated heterocycles. The van der Waals surface area contributed by atoms with Crippen LogP contribution >= 0.6 is 0 Å². The van der Waals surface area contributed by atoms with E-state index in [9.17, 15) is 14.7 Å². The fraction of sp³-hybridized carbons (Fsp3) is 0.733. The fourth-order valence-corrected chi connectivity index (χ4v) is 2.59. The van der Waals surface area contributed by atoms with E-state index in [2.05, 4.69) is 16.6 Å². The maximum absolute atomic E-state index is 11.8. The van der Waals surface area contributed by atoms with E-state index in [1.807, 2.05) is 6.92 Å². The summed E-state index contributed by atoms with van der Waals surface area (Å²) in [6.45, 7) is 2.05. The molecular formula is C15H24N2O3. The first kappa shape index (κ1) is 16.4. The van der Waals surface area contributed by atoms with Crippen LogP contribution in [0.5, 0.6) is 0 Å². The third kappa shape index (κ3) is 4.44. The number of carboxylic acids is 1. The SMILES string of the molecule is C#CC(CC)NC(=O)NCC1(C(=O)O)CCCCCC1. The van der Waals surface area contributed by atoms with Gasteiger partial charge in [-0.2, -0.15) is 0 Å². The summed E-state index contributed by atoms with van der Waals surface area (Å²) in [6.07, 6.45) is 11.1. The minimum Gasteiger partial charge on any atom is -0.481 e. The van der Waals surface area contributed by atoms with Crippen molar-refractivity contribution in [2.45, 2.75) is 57.9 Å². The first-order chi connectivity index (χ1) is 9.54. The second-order valence-electron chi connectivity index (χ2n) is 5.45. The van der Waals surface area contributed by atoms with E-state index in [4.69, 9.17) is 6.42 Å². The molecule has 1 unspecified atom stereocenters. The van der Waals surface area contributed by atoms with Crippen molar-refractivity contribution in [1.82, 2.24) is 10.6 Å². The molecule has 2 amide bonds. The molecule has 5 nitrogen and oxygen atoms in total. The van der Waals surface area contributed by atoms with Gasteiger partial charge in [0.05, 0.1) is 11.5 Å². The van der Waals surface area contributed by atoms with Gasteiger partial charge in [0.2, 0.25) is 0 Å². The van der Waals surface area contributed by atoms with Gasteiger partial charge in [-0.1, -0.05) is 38.5 Å². The summed E-state index contributed by atoms with van der Waals surface area (Å²) in [5.41, 5.74) is -0.828. The van der Waals surface area contributed by atoms with E-state index < -0.39 is 11.4 Å². The van der Waals surface area contributed by atoms with Crippen molar-refractivity contribution in [2.75, 3.05) is 6.54 Å². The zero-order chi connectivity index (χ0) is 15.0. The standard InChI is InChI=1S/C15H24N2O3/c1-3-12(4-2)17-14(20)16-11-15(13(18)19)9-7-5-6-8-10-15/h1,12H,4-11H2,2H3,(H,18,19)(H2,16,17,20). The molecule has 0 aliphatic heterocycles. The number of hydrogen-bond donors (Lipinski definition) is 3. The van der Waals surface area contributed by atoms with Gasteiger partial charge in [-0.3, -0.25) is 4.79 Å². The van der Waals surface area contributed by atoms with Gasteiger partial charge in [0.25, 0.3) is 0 Å². The third-order valence-electron chi connectivity index (χ3n) is 4.02. The highest BCUT2D eigenvalue weighted by Gasteiger charge is 2.38. The van der Waals surface area contributed by atoms with Crippen molar-refractivity contribution in [3.63, 3.8) is 0 Å². The van der Waals surface area contributed by atoms with Crippen LogP contribution in [0.3, 0.4) is 0 Å². The molecule has 3 N–H and O–H groups in total. The normalized spacial score (nSPS) is 19.2. The van der Waals surface area contributed by atoms with Gasteiger partial charge in [-0.05, 0) is 19.3 Å². The first-order valence-corrected chi connectivity index (χ1v) is 7.28. The highest BCUT2D eigenvalue weighted by atomic mass is 16.4. The van der Waals surface area contributed by atoms with Crippen LogP contribution in [-0.2, 0) is 4.79 Å². The Balaban J connectivity index is 2.57. The molecule has 1 rings (SSSR count). The quantitative estimate of drug-likeness (QED) is 0.533. The highest BCUT2D eigenvalue weighted by molar-refractivity contribution is 5.78. The van der Waals surface area contributed by atoms with Crippen LogP contribution in [-0.4, -0.2) is 29.7 Å². The molecular weight excluding hydrogens is 256 g/mol. The van der Waals surface area contributed by atoms with Crippen LogP contribution in [0.15, 0.2) is 0 Å². The molecule has 0 aromatic carbocycles. The summed E-state index contributed by atoms with van der Waals surface area (Å²) in [7, 11) is 0. The molecule has 5 heteroatoms. The number of nitrogens with one attached hydrogen (secondary N) is 2. The number of rotatable bonds is 5. The van der Waals surface area contributed by atoms with E-state index in [0.29, 0.717) is 19.3 Å². The summed E-state index contributed by atoms with van der Waals surface area (Å²) in [4.78, 5) is 23.3. The van der Waals surface area contributed by atoms with E-state index in [-0.39, 0.29) is 18.6 Å². The number of hydrogen-bond acceptors (Lipinski definition) is 2. The molecule has 1 aliphatic rings. The van der Waals surface area contributed by atoms with Gasteiger partial charge >= 0.3 is 12.0 Å². The Labute approximate surface area is 120 Å². The Morgan fingerprint density at radius 3 is 2.35 bits per heavy atom. The molecule has 1 atom stereocenters. The molecule has 20 heavy (non-hydrogen) atoms. The van der Waals surface area contributed by atoms with E-state index in [1.165, 1.54) is 0 Å². The predicted octanol–water partition coefficient (Wildman–Crippen LogP) is 2.12. The number of carbonyl (C=O) groups is 2. The zero-order valence-electron chi connectivity index (χ0n) is 12.1. The van der Waals surface area contributed by atoms with Gasteiger partial charge in [0.1, 0.15) is 0 Å². The average Bonchev–Trinajstić information content (AvgIpc) is 2.69. The van der Waals surface area contributed by atoms with Crippen LogP contribution in [0.2, 0.25) is 0 Å². The van der Waals surface area contributed by atoms with Gasteiger partial charge in [0, 0.05) is 6.54 Å². The summed E-state index contributed by atoms with van der Waals surface area (Å²) in [6, 6.07) is -0.704. The van der Waals surface area contributed by atoms with Crippen molar-refractivity contribution in [3.8, 4) is 12.3 Å². The second-order valence-corrected chi connectivity index (χ2v) is 5.45. The zero-order valence-corrected chi connectivity index (χ0v) is 12.1. The lowest BCUT2D eigenvalue weighted by Gasteiger charge is -2.28. The summed E-state index contributed by atoms with van der Waals surface area (Å²) in [5, 5.41) is 14.8. The fourth-order valence-electron chi connectivity index (χ4n) is 2.59. The van der Waals surface area contributed by atoms with Crippen LogP contribution in [0.1, 0.15) is 51.9 Å². The molecule has 1 aliphatic carbocycles. The lowest BCUT2D eigenvalue weighted by atomic mass is 9.80. The molecule has 112 valence electrons. The molecule has 0 aromatic heterocycles. The van der Waals surface area contributed by atoms with Gasteiger partial charge in [-0.25, -0.2) is 4.79 Å². The molecule has 1 saturated carbocycles. The number of carbonyl (C=O) groups excluding carboxylic acids is 1. The van der Waals surface area contributed by atoms with Crippen molar-refractivity contribution < 1.29 is 14.7 Å². The Morgan fingerprint density at radius 2 is 1.90 bits per heavy atom. The molecule has 0 spiro atoms. The molecule has 0 aromatic rings. The number of carboxylic acid groups (broad SMARTS) is 1. The Morgan fingerprint density at radius 1 is 1.30 bits per heavy atom. The molecule has 0 radical (unpaired) electrons. The highest BCUT2D eigenvalue weighted by Crippen LogP contribution is 2.34. The van der Waals surface area contributed by atoms with Crippen molar-refractivity contribution in [2.24, 2.45) is 5.41 Å². The third-order valence-corrected chi connectivity index (χ3v) is 4.02. The van der Waals surface area contributed by atoms with E-state index >= 15 is 0 Å². The summed E-state index contributed by atoms with van der Waals surface area (Å²) < 4.78 is 0. The monoisotopic (exact) mass is 280 g/mol. The van der Waals surface area contributed by atoms with E-state index in [1.54, 1.807) is 0 Å². The van der Waals surface area contributed by atoms with Crippen LogP contribution in [0.4, 0.5) is 4.79 Å². The average molecular weight is 280 g/mol. The van der Waals surface area contributed by atoms with Crippen LogP contribution < -0.4 is 10.6 Å². The van der Waals surface area contributed by atoms with Crippen LogP contribution in [0, 0.1) is 17.8 Å². The van der Waals surface area contributed by atoms with Gasteiger partial charge in [-0.15, -0.1) is 6.42 Å². The number of aliphatic carboxylic acids is 1. The molecule has 1 fully saturated rings. The van der Waals surface area contributed by atoms with Gasteiger partial charge < -0.3 is 15.7 Å². The molecule has 0 heterocycles. The maximum atomic E-state index is 11.8. The minimum atomic E-state index is -0.828. The van der Waals surface area contributed by atoms with Gasteiger partial charge in [0.15, 0.2) is 0 Å². The lowest BCUT2D eigenvalue weighted by molar-refractivity contribution is -0.149. The number of amides is 2.